The molecule has 1 radical (unpaired) electrons. The number of alkyl halides is 1. The summed E-state index contributed by atoms with van der Waals surface area (Å²) < 4.78 is 21.5. The predicted molar refractivity (Wildman–Crippen MR) is 19.3 cm³/mol. The lowest BCUT2D eigenvalue weighted by Gasteiger charge is -1.77. The average Bonchev–Trinajstić information content (AvgIpc) is 1.38. The second kappa shape index (κ2) is 2.57. The first kappa shape index (κ1) is 5.34. The number of hydrogen-bond donors (Lipinski definition) is 0. The normalized spacial score (nSPS) is 9.60. The van der Waals surface area contributed by atoms with Crippen LogP contribution >= 0.6 is 15.9 Å². The molecule has 0 saturated carbocycles. The summed E-state index contributed by atoms with van der Waals surface area (Å²) in [5.74, 6) is 0. The van der Waals surface area contributed by atoms with Crippen molar-refractivity contribution in [3.8, 4) is 0 Å². The molecule has 0 rings (SSSR count). The number of halogens is 3. The van der Waals surface area contributed by atoms with Gasteiger partial charge >= 0.3 is 0 Å². The fourth-order valence-corrected chi connectivity index (χ4v) is 0. The van der Waals surface area contributed by atoms with Crippen molar-refractivity contribution in [3.63, 3.8) is 0 Å². The number of hydrogen-bond acceptors (Lipinski definition) is 0. The summed E-state index contributed by atoms with van der Waals surface area (Å²) in [6, 6.07) is 0. The van der Waals surface area contributed by atoms with E-state index in [1.807, 2.05) is 0 Å². The molecule has 0 aromatic rings. The van der Waals surface area contributed by atoms with Gasteiger partial charge in [-0.15, -0.1) is 0 Å². The van der Waals surface area contributed by atoms with Crippen LogP contribution in [0.4, 0.5) is 8.78 Å². The third-order valence-electron chi connectivity index (χ3n) is 0.101. The molecule has 0 aromatic carbocycles. The SMILES string of the molecule is FC[C](F)Br. The summed E-state index contributed by atoms with van der Waals surface area (Å²) in [6.45, 7) is -1.03. The Balaban J connectivity index is 2.54. The Labute approximate surface area is 37.3 Å². The molecule has 3 heteroatoms. The summed E-state index contributed by atoms with van der Waals surface area (Å²) in [7, 11) is 0. The Hall–Kier alpha value is 0.340. The molecule has 5 heavy (non-hydrogen) atoms. The van der Waals surface area contributed by atoms with Crippen molar-refractivity contribution in [2.45, 2.75) is 0 Å². The molecule has 0 aliphatic heterocycles. The maximum Gasteiger partial charge on any atom is 0.239 e. The smallest absolute Gasteiger partial charge is 0.239 e. The van der Waals surface area contributed by atoms with Gasteiger partial charge in [0.25, 0.3) is 0 Å². The zero-order valence-electron chi connectivity index (χ0n) is 2.34. The van der Waals surface area contributed by atoms with Gasteiger partial charge in [0.05, 0.1) is 0 Å². The van der Waals surface area contributed by atoms with E-state index < -0.39 is 11.8 Å². The van der Waals surface area contributed by atoms with Gasteiger partial charge in [-0.05, 0) is 15.9 Å². The van der Waals surface area contributed by atoms with E-state index in [0.717, 1.165) is 0 Å². The number of rotatable bonds is 1. The van der Waals surface area contributed by atoms with Crippen LogP contribution in [0.3, 0.4) is 0 Å². The van der Waals surface area contributed by atoms with Crippen LogP contribution in [0.2, 0.25) is 0 Å². The van der Waals surface area contributed by atoms with Crippen molar-refractivity contribution >= 4 is 15.9 Å². The lowest BCUT2D eigenvalue weighted by atomic mass is 10.9. The summed E-state index contributed by atoms with van der Waals surface area (Å²) in [6.07, 6.45) is 0. The van der Waals surface area contributed by atoms with Crippen molar-refractivity contribution in [1.29, 1.82) is 0 Å². The van der Waals surface area contributed by atoms with Gasteiger partial charge in [0.15, 0.2) is 0 Å². The maximum absolute atomic E-state index is 10.9. The first-order valence-corrected chi connectivity index (χ1v) is 1.79. The second-order valence-corrected chi connectivity index (χ2v) is 1.33. The van der Waals surface area contributed by atoms with Crippen LogP contribution in [0, 0.1) is 5.08 Å². The molecule has 0 saturated heterocycles. The Morgan fingerprint density at radius 1 is 1.80 bits per heavy atom. The highest BCUT2D eigenvalue weighted by molar-refractivity contribution is 9.11. The van der Waals surface area contributed by atoms with Gasteiger partial charge in [0, 0.05) is 0 Å². The second-order valence-electron chi connectivity index (χ2n) is 0.472. The minimum absolute atomic E-state index is 0.850. The van der Waals surface area contributed by atoms with Crippen molar-refractivity contribution in [1.82, 2.24) is 0 Å². The molecule has 0 amide bonds. The molecule has 0 N–H and O–H groups in total. The molecule has 0 fully saturated rings. The van der Waals surface area contributed by atoms with Gasteiger partial charge in [-0.1, -0.05) is 0 Å². The summed E-state index contributed by atoms with van der Waals surface area (Å²) in [5, 5.41) is -0.850. The van der Waals surface area contributed by atoms with E-state index in [1.165, 1.54) is 0 Å². The van der Waals surface area contributed by atoms with E-state index in [9.17, 15) is 8.78 Å². The van der Waals surface area contributed by atoms with Crippen LogP contribution in [-0.4, -0.2) is 6.67 Å². The Morgan fingerprint density at radius 2 is 2.00 bits per heavy atom. The Bertz CT molecular complexity index is 21.6. The van der Waals surface area contributed by atoms with Crippen LogP contribution < -0.4 is 0 Å². The highest BCUT2D eigenvalue weighted by atomic mass is 79.9. The lowest BCUT2D eigenvalue weighted by molar-refractivity contribution is 0.436. The van der Waals surface area contributed by atoms with Gasteiger partial charge in [0.2, 0.25) is 5.08 Å². The van der Waals surface area contributed by atoms with Crippen LogP contribution in [0.25, 0.3) is 0 Å². The van der Waals surface area contributed by atoms with Crippen LogP contribution in [0.1, 0.15) is 0 Å². The zero-order valence-corrected chi connectivity index (χ0v) is 3.93. The maximum atomic E-state index is 10.9. The molecule has 0 aliphatic carbocycles. The van der Waals surface area contributed by atoms with Crippen molar-refractivity contribution in [2.75, 3.05) is 6.67 Å². The van der Waals surface area contributed by atoms with Crippen LogP contribution in [0.5, 0.6) is 0 Å². The Morgan fingerprint density at radius 3 is 2.00 bits per heavy atom. The molecular formula is C2H2BrF2. The minimum Gasteiger partial charge on any atom is -0.246 e. The average molecular weight is 144 g/mol. The summed E-state index contributed by atoms with van der Waals surface area (Å²) >= 11 is 2.25. The first-order chi connectivity index (χ1) is 2.27. The molecule has 0 unspecified atom stereocenters. The molecule has 0 heterocycles. The highest BCUT2D eigenvalue weighted by Gasteiger charge is 1.95. The highest BCUT2D eigenvalue weighted by Crippen LogP contribution is 2.09. The minimum atomic E-state index is -1.03. The lowest BCUT2D eigenvalue weighted by Crippen LogP contribution is -1.72. The largest absolute Gasteiger partial charge is 0.246 e. The zero-order chi connectivity index (χ0) is 4.28. The monoisotopic (exact) mass is 143 g/mol. The van der Waals surface area contributed by atoms with Crippen molar-refractivity contribution < 1.29 is 8.78 Å². The fourth-order valence-electron chi connectivity index (χ4n) is 0. The predicted octanol–water partition coefficient (Wildman–Crippen LogP) is 1.81. The molecule has 0 nitrogen and oxygen atoms in total. The molecule has 0 bridgehead atoms. The van der Waals surface area contributed by atoms with E-state index in [2.05, 4.69) is 15.9 Å². The van der Waals surface area contributed by atoms with E-state index >= 15 is 0 Å². The molecule has 0 aliphatic rings. The van der Waals surface area contributed by atoms with Crippen LogP contribution in [0.15, 0.2) is 0 Å². The van der Waals surface area contributed by atoms with Gasteiger partial charge in [-0.3, -0.25) is 0 Å². The van der Waals surface area contributed by atoms with Gasteiger partial charge in [-0.2, -0.15) is 0 Å². The Kier molecular flexibility index (Phi) is 2.75. The van der Waals surface area contributed by atoms with Crippen LogP contribution in [-0.2, 0) is 0 Å². The fraction of sp³-hybridized carbons (Fsp3) is 0.500. The molecule has 0 spiro atoms. The van der Waals surface area contributed by atoms with E-state index in [1.54, 1.807) is 0 Å². The molecule has 31 valence electrons. The topological polar surface area (TPSA) is 0 Å². The standard InChI is InChI=1S/C2H2BrF2/c3-2(5)1-4/h1H2. The van der Waals surface area contributed by atoms with Crippen molar-refractivity contribution in [3.05, 3.63) is 5.08 Å². The quantitative estimate of drug-likeness (QED) is 0.526. The summed E-state index contributed by atoms with van der Waals surface area (Å²) in [5.41, 5.74) is 0. The first-order valence-electron chi connectivity index (χ1n) is 0.999. The molecule has 0 atom stereocenters. The molecular weight excluding hydrogens is 142 g/mol. The van der Waals surface area contributed by atoms with Crippen molar-refractivity contribution in [2.24, 2.45) is 0 Å². The third-order valence-corrected chi connectivity index (χ3v) is 0.313. The molecule has 0 aromatic heterocycles. The third kappa shape index (κ3) is 4.34. The van der Waals surface area contributed by atoms with Gasteiger partial charge in [-0.25, -0.2) is 8.78 Å². The summed E-state index contributed by atoms with van der Waals surface area (Å²) in [4.78, 5) is 0. The van der Waals surface area contributed by atoms with E-state index in [4.69, 9.17) is 0 Å². The van der Waals surface area contributed by atoms with E-state index in [0.29, 0.717) is 0 Å². The van der Waals surface area contributed by atoms with Gasteiger partial charge in [0.1, 0.15) is 6.67 Å². The van der Waals surface area contributed by atoms with E-state index in [-0.39, 0.29) is 0 Å². The van der Waals surface area contributed by atoms with Gasteiger partial charge < -0.3 is 0 Å².